The van der Waals surface area contributed by atoms with Gasteiger partial charge in [-0.15, -0.1) is 0 Å². The fourth-order valence-corrected chi connectivity index (χ4v) is 1.32. The van der Waals surface area contributed by atoms with E-state index in [4.69, 9.17) is 10.4 Å². The molecule has 0 radical (unpaired) electrons. The molecule has 1 heterocycles. The molecule has 0 aliphatic carbocycles. The van der Waals surface area contributed by atoms with Crippen LogP contribution in [0, 0.1) is 18.3 Å². The summed E-state index contributed by atoms with van der Waals surface area (Å²) in [6.07, 6.45) is -3.33. The average molecular weight is 226 g/mol. The highest BCUT2D eigenvalue weighted by Crippen LogP contribution is 2.23. The van der Waals surface area contributed by atoms with E-state index in [0.29, 0.717) is 5.56 Å². The fourth-order valence-electron chi connectivity index (χ4n) is 1.32. The van der Waals surface area contributed by atoms with Gasteiger partial charge in [-0.2, -0.15) is 5.26 Å². The smallest absolute Gasteiger partial charge is 0.309 e. The lowest BCUT2D eigenvalue weighted by molar-refractivity contribution is -0.136. The molecule has 84 valence electrons. The Morgan fingerprint density at radius 1 is 1.69 bits per heavy atom. The molecule has 4 nitrogen and oxygen atoms in total. The number of carbonyl (C=O) groups is 1. The van der Waals surface area contributed by atoms with Crippen LogP contribution in [0.1, 0.15) is 28.9 Å². The van der Waals surface area contributed by atoms with E-state index in [1.54, 1.807) is 6.07 Å². The third-order valence-corrected chi connectivity index (χ3v) is 1.95. The van der Waals surface area contributed by atoms with Gasteiger partial charge in [0.05, 0.1) is 17.7 Å². The number of nitrogens with zero attached hydrogens (tertiary/aromatic N) is 2. The average Bonchev–Trinajstić information content (AvgIpc) is 2.15. The third kappa shape index (κ3) is 2.51. The minimum absolute atomic E-state index is 0.0271. The standard InChI is InChI=1S/C10H8F2N2O2/c1-5-2-6(3-8(15)16)14-9(10(11)12)7(5)4-13/h2,10H,3H2,1H3,(H,15,16). The van der Waals surface area contributed by atoms with E-state index in [1.807, 2.05) is 0 Å². The highest BCUT2D eigenvalue weighted by Gasteiger charge is 2.18. The van der Waals surface area contributed by atoms with Gasteiger partial charge < -0.3 is 5.11 Å². The lowest BCUT2D eigenvalue weighted by atomic mass is 10.1. The monoisotopic (exact) mass is 226 g/mol. The highest BCUT2D eigenvalue weighted by molar-refractivity contribution is 5.69. The van der Waals surface area contributed by atoms with Crippen molar-refractivity contribution >= 4 is 5.97 Å². The van der Waals surface area contributed by atoms with Crippen molar-refractivity contribution < 1.29 is 18.7 Å². The van der Waals surface area contributed by atoms with E-state index in [9.17, 15) is 13.6 Å². The summed E-state index contributed by atoms with van der Waals surface area (Å²) in [5.41, 5.74) is -0.508. The number of aromatic nitrogens is 1. The Bertz CT molecular complexity index is 467. The van der Waals surface area contributed by atoms with Crippen molar-refractivity contribution in [1.82, 2.24) is 4.98 Å². The molecule has 0 atom stereocenters. The minimum Gasteiger partial charge on any atom is -0.481 e. The molecule has 0 aromatic carbocycles. The summed E-state index contributed by atoms with van der Waals surface area (Å²) in [4.78, 5) is 13.9. The molecule has 1 rings (SSSR count). The predicted molar refractivity (Wildman–Crippen MR) is 50.0 cm³/mol. The van der Waals surface area contributed by atoms with Crippen LogP contribution in [0.3, 0.4) is 0 Å². The van der Waals surface area contributed by atoms with Gasteiger partial charge in [-0.3, -0.25) is 4.79 Å². The Labute approximate surface area is 90.2 Å². The van der Waals surface area contributed by atoms with Gasteiger partial charge in [0.25, 0.3) is 6.43 Å². The Morgan fingerprint density at radius 3 is 2.75 bits per heavy atom. The second-order valence-corrected chi connectivity index (χ2v) is 3.17. The van der Waals surface area contributed by atoms with Crippen molar-refractivity contribution in [1.29, 1.82) is 5.26 Å². The predicted octanol–water partition coefficient (Wildman–Crippen LogP) is 1.83. The van der Waals surface area contributed by atoms with E-state index in [1.165, 1.54) is 13.0 Å². The van der Waals surface area contributed by atoms with Crippen molar-refractivity contribution in [3.8, 4) is 6.07 Å². The number of pyridine rings is 1. The van der Waals surface area contributed by atoms with Gasteiger partial charge >= 0.3 is 5.97 Å². The maximum Gasteiger partial charge on any atom is 0.309 e. The van der Waals surface area contributed by atoms with Crippen molar-refractivity contribution in [2.75, 3.05) is 0 Å². The van der Waals surface area contributed by atoms with Crippen LogP contribution < -0.4 is 0 Å². The first-order valence-corrected chi connectivity index (χ1v) is 4.36. The van der Waals surface area contributed by atoms with Crippen LogP contribution in [0.2, 0.25) is 0 Å². The Hall–Kier alpha value is -2.03. The summed E-state index contributed by atoms with van der Waals surface area (Å²) >= 11 is 0. The third-order valence-electron chi connectivity index (χ3n) is 1.95. The van der Waals surface area contributed by atoms with Crippen LogP contribution in [0.25, 0.3) is 0 Å². The van der Waals surface area contributed by atoms with E-state index in [-0.39, 0.29) is 11.3 Å². The zero-order valence-electron chi connectivity index (χ0n) is 8.37. The van der Waals surface area contributed by atoms with E-state index >= 15 is 0 Å². The highest BCUT2D eigenvalue weighted by atomic mass is 19.3. The zero-order valence-corrected chi connectivity index (χ0v) is 8.37. The number of aryl methyl sites for hydroxylation is 1. The molecule has 1 aromatic heterocycles. The molecule has 0 amide bonds. The molecule has 0 spiro atoms. The number of aliphatic carboxylic acids is 1. The molecular weight excluding hydrogens is 218 g/mol. The van der Waals surface area contributed by atoms with Crippen molar-refractivity contribution in [2.24, 2.45) is 0 Å². The maximum atomic E-state index is 12.6. The SMILES string of the molecule is Cc1cc(CC(=O)O)nc(C(F)F)c1C#N. The second kappa shape index (κ2) is 4.66. The number of rotatable bonds is 3. The van der Waals surface area contributed by atoms with Gasteiger partial charge in [0.2, 0.25) is 0 Å². The van der Waals surface area contributed by atoms with Crippen molar-refractivity contribution in [3.63, 3.8) is 0 Å². The molecule has 0 aliphatic rings. The number of alkyl halides is 2. The van der Waals surface area contributed by atoms with Crippen LogP contribution in [-0.2, 0) is 11.2 Å². The molecule has 6 heteroatoms. The number of hydrogen-bond acceptors (Lipinski definition) is 3. The van der Waals surface area contributed by atoms with Gasteiger partial charge in [0.15, 0.2) is 0 Å². The lowest BCUT2D eigenvalue weighted by Gasteiger charge is -2.07. The molecule has 0 bridgehead atoms. The number of carboxylic acid groups (broad SMARTS) is 1. The quantitative estimate of drug-likeness (QED) is 0.853. The topological polar surface area (TPSA) is 74.0 Å². The first-order valence-electron chi connectivity index (χ1n) is 4.36. The summed E-state index contributed by atoms with van der Waals surface area (Å²) < 4.78 is 25.1. The number of hydrogen-bond donors (Lipinski definition) is 1. The fraction of sp³-hybridized carbons (Fsp3) is 0.300. The normalized spacial score (nSPS) is 10.2. The number of nitriles is 1. The van der Waals surface area contributed by atoms with Gasteiger partial charge in [0.1, 0.15) is 11.8 Å². The molecule has 0 unspecified atom stereocenters. The zero-order chi connectivity index (χ0) is 12.3. The Balaban J connectivity index is 3.29. The van der Waals surface area contributed by atoms with Crippen LogP contribution in [0.15, 0.2) is 6.07 Å². The number of carboxylic acids is 1. The van der Waals surface area contributed by atoms with Gasteiger partial charge in [-0.05, 0) is 18.6 Å². The Morgan fingerprint density at radius 2 is 2.31 bits per heavy atom. The maximum absolute atomic E-state index is 12.6. The molecule has 0 saturated carbocycles. The number of halogens is 2. The summed E-state index contributed by atoms with van der Waals surface area (Å²) in [6, 6.07) is 2.97. The van der Waals surface area contributed by atoms with Gasteiger partial charge in [0, 0.05) is 0 Å². The summed E-state index contributed by atoms with van der Waals surface area (Å²) in [5, 5.41) is 17.2. The molecule has 1 aromatic rings. The first-order chi connectivity index (χ1) is 7.45. The summed E-state index contributed by atoms with van der Waals surface area (Å²) in [7, 11) is 0. The van der Waals surface area contributed by atoms with Crippen LogP contribution in [0.4, 0.5) is 8.78 Å². The van der Waals surface area contributed by atoms with Crippen LogP contribution >= 0.6 is 0 Å². The molecule has 0 saturated heterocycles. The van der Waals surface area contributed by atoms with E-state index in [0.717, 1.165) is 0 Å². The summed E-state index contributed by atoms with van der Waals surface area (Å²) in [5.74, 6) is -1.16. The molecule has 0 fully saturated rings. The molecule has 16 heavy (non-hydrogen) atoms. The van der Waals surface area contributed by atoms with Crippen LogP contribution in [-0.4, -0.2) is 16.1 Å². The van der Waals surface area contributed by atoms with Crippen molar-refractivity contribution in [2.45, 2.75) is 19.8 Å². The summed E-state index contributed by atoms with van der Waals surface area (Å²) in [6.45, 7) is 1.47. The largest absolute Gasteiger partial charge is 0.481 e. The second-order valence-electron chi connectivity index (χ2n) is 3.17. The van der Waals surface area contributed by atoms with Gasteiger partial charge in [-0.1, -0.05) is 0 Å². The van der Waals surface area contributed by atoms with E-state index < -0.39 is 24.5 Å². The Kier molecular flexibility index (Phi) is 3.51. The first kappa shape index (κ1) is 12.0. The minimum atomic E-state index is -2.89. The lowest BCUT2D eigenvalue weighted by Crippen LogP contribution is -2.07. The van der Waals surface area contributed by atoms with Crippen molar-refractivity contribution in [3.05, 3.63) is 28.6 Å². The molecule has 1 N–H and O–H groups in total. The van der Waals surface area contributed by atoms with Gasteiger partial charge in [-0.25, -0.2) is 13.8 Å². The molecular formula is C10H8F2N2O2. The molecule has 0 aliphatic heterocycles. The van der Waals surface area contributed by atoms with E-state index in [2.05, 4.69) is 4.98 Å². The van der Waals surface area contributed by atoms with Crippen LogP contribution in [0.5, 0.6) is 0 Å².